The molecule has 45 heavy (non-hydrogen) atoms. The lowest BCUT2D eigenvalue weighted by atomic mass is 10.0. The van der Waals surface area contributed by atoms with Gasteiger partial charge in [-0.1, -0.05) is 97.1 Å². The van der Waals surface area contributed by atoms with Gasteiger partial charge in [-0.05, 0) is 36.4 Å². The maximum Gasteiger partial charge on any atom is 0.109 e. The lowest BCUT2D eigenvalue weighted by Gasteiger charge is -2.09. The first kappa shape index (κ1) is 24.6. The van der Waals surface area contributed by atoms with Crippen LogP contribution in [0, 0.1) is 0 Å². The Hall–Kier alpha value is -5.78. The highest BCUT2D eigenvalue weighted by Gasteiger charge is 2.22. The van der Waals surface area contributed by atoms with Gasteiger partial charge in [0.2, 0.25) is 0 Å². The van der Waals surface area contributed by atoms with Gasteiger partial charge in [0.05, 0.1) is 38.2 Å². The molecule has 1 N–H and O–H groups in total. The number of hydrogen-bond donors (Lipinski definition) is 1. The van der Waals surface area contributed by atoms with Gasteiger partial charge in [-0.3, -0.25) is 0 Å². The Kier molecular flexibility index (Phi) is 5.12. The third kappa shape index (κ3) is 3.59. The summed E-state index contributed by atoms with van der Waals surface area (Å²) in [5.74, 6) is 0. The van der Waals surface area contributed by atoms with E-state index in [4.69, 9.17) is 9.97 Å². The van der Waals surface area contributed by atoms with Gasteiger partial charge in [0.15, 0.2) is 0 Å². The molecular formula is C40H24N4S. The Balaban J connectivity index is 1.21. The maximum absolute atomic E-state index is 5.21. The van der Waals surface area contributed by atoms with Crippen LogP contribution < -0.4 is 0 Å². The van der Waals surface area contributed by atoms with Gasteiger partial charge >= 0.3 is 0 Å². The van der Waals surface area contributed by atoms with Crippen molar-refractivity contribution < 1.29 is 0 Å². The van der Waals surface area contributed by atoms with E-state index < -0.39 is 0 Å². The zero-order valence-electron chi connectivity index (χ0n) is 24.0. The summed E-state index contributed by atoms with van der Waals surface area (Å²) in [5, 5.41) is 7.32. The number of hydrogen-bond acceptors (Lipinski definition) is 3. The molecule has 0 bridgehead atoms. The average Bonchev–Trinajstić information content (AvgIpc) is 3.82. The summed E-state index contributed by atoms with van der Waals surface area (Å²) in [6, 6.07) is 47.4. The van der Waals surface area contributed by atoms with Crippen molar-refractivity contribution in [3.63, 3.8) is 0 Å². The minimum Gasteiger partial charge on any atom is -0.359 e. The second kappa shape index (κ2) is 9.36. The standard InChI is InChI=1S/C40H24N4S/c1-2-8-25(9-3-1)38-39-34(29-10-4-6-12-32(29)43-38)35-30-11-5-7-13-33(30)44(40(35)45-39)28-19-16-24(17-20-28)31-21-18-26-14-15-27-22-23-41-36(27)37(26)42-31/h1-23,41H. The number of thiophene rings is 1. The Bertz CT molecular complexity index is 2750. The SMILES string of the molecule is c1ccc(-c2nc3ccccc3c3c2sc2c3c3ccccc3n2-c2ccc(-c3ccc4ccc5cc[nH]c5c4n3)cc2)cc1. The predicted molar refractivity (Wildman–Crippen MR) is 189 cm³/mol. The van der Waals surface area contributed by atoms with Crippen LogP contribution in [0.1, 0.15) is 0 Å². The quantitative estimate of drug-likeness (QED) is 0.222. The minimum absolute atomic E-state index is 0.963. The van der Waals surface area contributed by atoms with Crippen LogP contribution in [-0.2, 0) is 0 Å². The van der Waals surface area contributed by atoms with Gasteiger partial charge in [0.1, 0.15) is 4.83 Å². The minimum atomic E-state index is 0.963. The van der Waals surface area contributed by atoms with Crippen LogP contribution in [0.25, 0.3) is 92.1 Å². The van der Waals surface area contributed by atoms with Gasteiger partial charge in [0, 0.05) is 55.3 Å². The van der Waals surface area contributed by atoms with Gasteiger partial charge < -0.3 is 9.55 Å². The molecule has 0 aliphatic rings. The Morgan fingerprint density at radius 3 is 2.22 bits per heavy atom. The molecule has 5 heteroatoms. The lowest BCUT2D eigenvalue weighted by molar-refractivity contribution is 1.19. The Labute approximate surface area is 261 Å². The molecule has 10 rings (SSSR count). The molecule has 0 unspecified atom stereocenters. The fraction of sp³-hybridized carbons (Fsp3) is 0. The van der Waals surface area contributed by atoms with Gasteiger partial charge in [-0.25, -0.2) is 9.97 Å². The maximum atomic E-state index is 5.21. The zero-order chi connectivity index (χ0) is 29.5. The Morgan fingerprint density at radius 2 is 1.33 bits per heavy atom. The highest BCUT2D eigenvalue weighted by molar-refractivity contribution is 7.26. The first-order valence-electron chi connectivity index (χ1n) is 15.1. The number of para-hydroxylation sites is 2. The molecular weight excluding hydrogens is 569 g/mol. The summed E-state index contributed by atoms with van der Waals surface area (Å²) in [7, 11) is 0. The van der Waals surface area contributed by atoms with Crippen LogP contribution in [0.5, 0.6) is 0 Å². The molecule has 0 saturated carbocycles. The number of benzene rings is 5. The second-order valence-corrected chi connectivity index (χ2v) is 12.5. The normalized spacial score (nSPS) is 12.0. The van der Waals surface area contributed by atoms with Gasteiger partial charge in [-0.15, -0.1) is 11.3 Å². The van der Waals surface area contributed by atoms with Crippen molar-refractivity contribution in [2.24, 2.45) is 0 Å². The number of aromatic amines is 1. The molecule has 4 nitrogen and oxygen atoms in total. The van der Waals surface area contributed by atoms with Crippen LogP contribution >= 0.6 is 11.3 Å². The van der Waals surface area contributed by atoms with Gasteiger partial charge in [-0.2, -0.15) is 0 Å². The molecule has 0 fully saturated rings. The highest BCUT2D eigenvalue weighted by atomic mass is 32.1. The van der Waals surface area contributed by atoms with Crippen LogP contribution in [0.15, 0.2) is 140 Å². The fourth-order valence-corrected chi connectivity index (χ4v) is 8.27. The van der Waals surface area contributed by atoms with E-state index in [1.54, 1.807) is 0 Å². The summed E-state index contributed by atoms with van der Waals surface area (Å²) < 4.78 is 3.64. The number of H-pyrrole nitrogens is 1. The van der Waals surface area contributed by atoms with E-state index in [-0.39, 0.29) is 0 Å². The van der Waals surface area contributed by atoms with E-state index in [2.05, 4.69) is 143 Å². The molecule has 5 aromatic carbocycles. The van der Waals surface area contributed by atoms with E-state index in [1.165, 1.54) is 42.0 Å². The number of aromatic nitrogens is 4. The van der Waals surface area contributed by atoms with E-state index in [0.717, 1.165) is 50.1 Å². The lowest BCUT2D eigenvalue weighted by Crippen LogP contribution is -1.93. The second-order valence-electron chi connectivity index (χ2n) is 11.5. The highest BCUT2D eigenvalue weighted by Crippen LogP contribution is 2.47. The van der Waals surface area contributed by atoms with E-state index in [1.807, 2.05) is 17.5 Å². The molecule has 0 radical (unpaired) electrons. The summed E-state index contributed by atoms with van der Waals surface area (Å²) in [6.07, 6.45) is 1.98. The molecule has 5 aromatic heterocycles. The number of pyridine rings is 2. The largest absolute Gasteiger partial charge is 0.359 e. The first-order chi connectivity index (χ1) is 22.3. The molecule has 0 atom stereocenters. The molecule has 5 heterocycles. The fourth-order valence-electron chi connectivity index (χ4n) is 6.89. The topological polar surface area (TPSA) is 46.5 Å². The van der Waals surface area contributed by atoms with Crippen molar-refractivity contribution in [2.75, 3.05) is 0 Å². The Morgan fingerprint density at radius 1 is 0.578 bits per heavy atom. The van der Waals surface area contributed by atoms with Crippen molar-refractivity contribution in [3.05, 3.63) is 140 Å². The van der Waals surface area contributed by atoms with Crippen molar-refractivity contribution in [2.45, 2.75) is 0 Å². The van der Waals surface area contributed by atoms with E-state index in [9.17, 15) is 0 Å². The third-order valence-electron chi connectivity index (χ3n) is 8.98. The summed E-state index contributed by atoms with van der Waals surface area (Å²) >= 11 is 1.83. The smallest absolute Gasteiger partial charge is 0.109 e. The van der Waals surface area contributed by atoms with Crippen LogP contribution in [-0.4, -0.2) is 19.5 Å². The van der Waals surface area contributed by atoms with Crippen molar-refractivity contribution in [1.82, 2.24) is 19.5 Å². The van der Waals surface area contributed by atoms with E-state index in [0.29, 0.717) is 0 Å². The van der Waals surface area contributed by atoms with Crippen LogP contribution in [0.4, 0.5) is 0 Å². The predicted octanol–water partition coefficient (Wildman–Crippen LogP) is 10.9. The van der Waals surface area contributed by atoms with Crippen LogP contribution in [0.2, 0.25) is 0 Å². The molecule has 10 aromatic rings. The third-order valence-corrected chi connectivity index (χ3v) is 10.2. The average molecular weight is 593 g/mol. The molecule has 0 amide bonds. The first-order valence-corrected chi connectivity index (χ1v) is 15.9. The zero-order valence-corrected chi connectivity index (χ0v) is 24.8. The number of nitrogens with zero attached hydrogens (tertiary/aromatic N) is 3. The monoisotopic (exact) mass is 592 g/mol. The number of nitrogens with one attached hydrogen (secondary N) is 1. The molecule has 0 spiro atoms. The number of fused-ring (bicyclic) bond motifs is 10. The summed E-state index contributed by atoms with van der Waals surface area (Å²) in [4.78, 5) is 14.9. The van der Waals surface area contributed by atoms with Crippen LogP contribution in [0.3, 0.4) is 0 Å². The summed E-state index contributed by atoms with van der Waals surface area (Å²) in [5.41, 5.74) is 9.65. The summed E-state index contributed by atoms with van der Waals surface area (Å²) in [6.45, 7) is 0. The molecule has 0 aliphatic heterocycles. The van der Waals surface area contributed by atoms with Crippen molar-refractivity contribution in [1.29, 1.82) is 0 Å². The number of rotatable bonds is 3. The van der Waals surface area contributed by atoms with E-state index >= 15 is 0 Å². The van der Waals surface area contributed by atoms with Gasteiger partial charge in [0.25, 0.3) is 0 Å². The van der Waals surface area contributed by atoms with Crippen molar-refractivity contribution in [3.8, 4) is 28.2 Å². The molecule has 210 valence electrons. The van der Waals surface area contributed by atoms with Crippen molar-refractivity contribution >= 4 is 75.3 Å². The molecule has 0 saturated heterocycles. The molecule has 0 aliphatic carbocycles.